The Morgan fingerprint density at radius 2 is 1.75 bits per heavy atom. The van der Waals surface area contributed by atoms with E-state index in [1.807, 2.05) is 6.07 Å². The van der Waals surface area contributed by atoms with Crippen LogP contribution >= 0.6 is 0 Å². The fraction of sp³-hybridized carbons (Fsp3) is 0.474. The van der Waals surface area contributed by atoms with E-state index in [4.69, 9.17) is 0 Å². The van der Waals surface area contributed by atoms with E-state index in [2.05, 4.69) is 63.6 Å². The van der Waals surface area contributed by atoms with Crippen LogP contribution in [0, 0.1) is 5.92 Å². The second-order valence-electron chi connectivity index (χ2n) is 6.76. The fourth-order valence-electron chi connectivity index (χ4n) is 2.89. The van der Waals surface area contributed by atoms with Gasteiger partial charge in [0.15, 0.2) is 0 Å². The minimum Gasteiger partial charge on any atom is -0.372 e. The fourth-order valence-corrected chi connectivity index (χ4v) is 2.89. The first-order valence-electron chi connectivity index (χ1n) is 8.88. The van der Waals surface area contributed by atoms with Crippen molar-refractivity contribution in [3.63, 3.8) is 0 Å². The van der Waals surface area contributed by atoms with Crippen LogP contribution in [0.3, 0.4) is 0 Å². The number of nitrogens with zero attached hydrogens (tertiary/aromatic N) is 3. The summed E-state index contributed by atoms with van der Waals surface area (Å²) in [6.45, 7) is 7.72. The Labute approximate surface area is 144 Å². The zero-order chi connectivity index (χ0) is 16.8. The van der Waals surface area contributed by atoms with Gasteiger partial charge in [0.2, 0.25) is 0 Å². The third kappa shape index (κ3) is 4.60. The van der Waals surface area contributed by atoms with Crippen LogP contribution in [-0.4, -0.2) is 29.6 Å². The monoisotopic (exact) mass is 325 g/mol. The Bertz CT molecular complexity index is 632. The standard InChI is InChI=1S/C19H27N5/c1-15(2)9-10-20-18-13-19(22-14-21-18)23-16-5-7-17(8-6-16)24-11-3-4-12-24/h5-8,13-15H,3-4,9-12H2,1-2H3,(H2,20,21,22,23). The third-order valence-electron chi connectivity index (χ3n) is 4.31. The zero-order valence-corrected chi connectivity index (χ0v) is 14.6. The van der Waals surface area contributed by atoms with Crippen molar-refractivity contribution in [3.8, 4) is 0 Å². The van der Waals surface area contributed by atoms with Gasteiger partial charge in [-0.15, -0.1) is 0 Å². The molecule has 5 nitrogen and oxygen atoms in total. The van der Waals surface area contributed by atoms with E-state index in [9.17, 15) is 0 Å². The molecule has 2 N–H and O–H groups in total. The van der Waals surface area contributed by atoms with Crippen LogP contribution in [-0.2, 0) is 0 Å². The summed E-state index contributed by atoms with van der Waals surface area (Å²) in [7, 11) is 0. The molecule has 0 amide bonds. The van der Waals surface area contributed by atoms with Crippen LogP contribution in [0.4, 0.5) is 23.0 Å². The molecular formula is C19H27N5. The van der Waals surface area contributed by atoms with Crippen LogP contribution in [0.2, 0.25) is 0 Å². The zero-order valence-electron chi connectivity index (χ0n) is 14.6. The van der Waals surface area contributed by atoms with Gasteiger partial charge in [-0.1, -0.05) is 13.8 Å². The van der Waals surface area contributed by atoms with Crippen molar-refractivity contribution in [2.24, 2.45) is 5.92 Å². The highest BCUT2D eigenvalue weighted by atomic mass is 15.1. The second-order valence-corrected chi connectivity index (χ2v) is 6.76. The average molecular weight is 325 g/mol. The Hall–Kier alpha value is -2.30. The summed E-state index contributed by atoms with van der Waals surface area (Å²) in [6, 6.07) is 10.5. The maximum Gasteiger partial charge on any atom is 0.135 e. The van der Waals surface area contributed by atoms with E-state index in [1.165, 1.54) is 31.6 Å². The first kappa shape index (κ1) is 16.6. The van der Waals surface area contributed by atoms with Gasteiger partial charge in [0.1, 0.15) is 18.0 Å². The van der Waals surface area contributed by atoms with Crippen molar-refractivity contribution in [2.75, 3.05) is 35.2 Å². The summed E-state index contributed by atoms with van der Waals surface area (Å²) < 4.78 is 0. The second kappa shape index (κ2) is 7.99. The van der Waals surface area contributed by atoms with E-state index >= 15 is 0 Å². The Kier molecular flexibility index (Phi) is 5.51. The smallest absolute Gasteiger partial charge is 0.135 e. The highest BCUT2D eigenvalue weighted by molar-refractivity contribution is 5.62. The van der Waals surface area contributed by atoms with Gasteiger partial charge in [-0.25, -0.2) is 9.97 Å². The van der Waals surface area contributed by atoms with Gasteiger partial charge in [-0.3, -0.25) is 0 Å². The summed E-state index contributed by atoms with van der Waals surface area (Å²) in [6.07, 6.45) is 5.32. The first-order chi connectivity index (χ1) is 11.7. The number of nitrogens with one attached hydrogen (secondary N) is 2. The molecule has 2 heterocycles. The number of aromatic nitrogens is 2. The minimum absolute atomic E-state index is 0.686. The van der Waals surface area contributed by atoms with Crippen molar-refractivity contribution in [1.82, 2.24) is 9.97 Å². The Balaban J connectivity index is 1.58. The Morgan fingerprint density at radius 3 is 2.46 bits per heavy atom. The molecule has 1 aromatic heterocycles. The van der Waals surface area contributed by atoms with Crippen molar-refractivity contribution >= 4 is 23.0 Å². The van der Waals surface area contributed by atoms with E-state index in [0.717, 1.165) is 30.3 Å². The highest BCUT2D eigenvalue weighted by Gasteiger charge is 2.11. The lowest BCUT2D eigenvalue weighted by molar-refractivity contribution is 0.606. The van der Waals surface area contributed by atoms with E-state index < -0.39 is 0 Å². The SMILES string of the molecule is CC(C)CCNc1cc(Nc2ccc(N3CCCC3)cc2)ncn1. The van der Waals surface area contributed by atoms with Gasteiger partial charge in [0.25, 0.3) is 0 Å². The highest BCUT2D eigenvalue weighted by Crippen LogP contribution is 2.23. The number of hydrogen-bond acceptors (Lipinski definition) is 5. The Morgan fingerprint density at radius 1 is 1.04 bits per heavy atom. The molecule has 1 aromatic carbocycles. The molecule has 0 radical (unpaired) electrons. The normalized spacial score (nSPS) is 14.2. The number of benzene rings is 1. The topological polar surface area (TPSA) is 53.1 Å². The molecule has 1 fully saturated rings. The van der Waals surface area contributed by atoms with Crippen LogP contribution in [0.5, 0.6) is 0 Å². The molecule has 3 rings (SSSR count). The summed E-state index contributed by atoms with van der Waals surface area (Å²) in [5.41, 5.74) is 2.35. The van der Waals surface area contributed by atoms with Gasteiger partial charge in [0.05, 0.1) is 0 Å². The van der Waals surface area contributed by atoms with Gasteiger partial charge in [-0.2, -0.15) is 0 Å². The molecule has 0 aliphatic carbocycles. The number of hydrogen-bond donors (Lipinski definition) is 2. The van der Waals surface area contributed by atoms with E-state index in [-0.39, 0.29) is 0 Å². The van der Waals surface area contributed by atoms with Crippen LogP contribution in [0.15, 0.2) is 36.7 Å². The van der Waals surface area contributed by atoms with Crippen LogP contribution < -0.4 is 15.5 Å². The minimum atomic E-state index is 0.686. The van der Waals surface area contributed by atoms with Crippen LogP contribution in [0.1, 0.15) is 33.1 Å². The molecule has 0 spiro atoms. The summed E-state index contributed by atoms with van der Waals surface area (Å²) in [5.74, 6) is 2.36. The summed E-state index contributed by atoms with van der Waals surface area (Å²) in [5, 5.41) is 6.70. The van der Waals surface area contributed by atoms with Gasteiger partial charge < -0.3 is 15.5 Å². The van der Waals surface area contributed by atoms with Crippen molar-refractivity contribution in [2.45, 2.75) is 33.1 Å². The lowest BCUT2D eigenvalue weighted by Crippen LogP contribution is -2.17. The molecule has 0 atom stereocenters. The maximum absolute atomic E-state index is 4.31. The van der Waals surface area contributed by atoms with E-state index in [0.29, 0.717) is 5.92 Å². The maximum atomic E-state index is 4.31. The predicted molar refractivity (Wildman–Crippen MR) is 101 cm³/mol. The molecule has 128 valence electrons. The summed E-state index contributed by atoms with van der Waals surface area (Å²) >= 11 is 0. The lowest BCUT2D eigenvalue weighted by Gasteiger charge is -2.18. The lowest BCUT2D eigenvalue weighted by atomic mass is 10.1. The molecule has 0 bridgehead atoms. The molecule has 1 aliphatic rings. The predicted octanol–water partition coefficient (Wildman–Crippen LogP) is 4.28. The quantitative estimate of drug-likeness (QED) is 0.796. The third-order valence-corrected chi connectivity index (χ3v) is 4.31. The average Bonchev–Trinajstić information content (AvgIpc) is 3.10. The molecule has 24 heavy (non-hydrogen) atoms. The van der Waals surface area contributed by atoms with Gasteiger partial charge in [0, 0.05) is 37.1 Å². The van der Waals surface area contributed by atoms with Gasteiger partial charge >= 0.3 is 0 Å². The summed E-state index contributed by atoms with van der Waals surface area (Å²) in [4.78, 5) is 11.0. The molecule has 1 saturated heterocycles. The molecule has 0 unspecified atom stereocenters. The van der Waals surface area contributed by atoms with Crippen LogP contribution in [0.25, 0.3) is 0 Å². The molecule has 5 heteroatoms. The van der Waals surface area contributed by atoms with Crippen molar-refractivity contribution in [3.05, 3.63) is 36.7 Å². The first-order valence-corrected chi connectivity index (χ1v) is 8.88. The molecule has 0 saturated carbocycles. The van der Waals surface area contributed by atoms with E-state index in [1.54, 1.807) is 6.33 Å². The molecule has 2 aromatic rings. The number of rotatable bonds is 7. The number of anilines is 4. The van der Waals surface area contributed by atoms with Crippen molar-refractivity contribution in [1.29, 1.82) is 0 Å². The van der Waals surface area contributed by atoms with Crippen molar-refractivity contribution < 1.29 is 0 Å². The van der Waals surface area contributed by atoms with Gasteiger partial charge in [-0.05, 0) is 49.4 Å². The molecule has 1 aliphatic heterocycles. The molecular weight excluding hydrogens is 298 g/mol. The largest absolute Gasteiger partial charge is 0.372 e.